The Bertz CT molecular complexity index is 3940. The second-order valence-corrected chi connectivity index (χ2v) is 17.5. The van der Waals surface area contributed by atoms with Crippen molar-refractivity contribution in [1.82, 2.24) is 14.1 Å². The van der Waals surface area contributed by atoms with E-state index in [1.54, 1.807) is 0 Å². The molecule has 6 heteroatoms. The van der Waals surface area contributed by atoms with E-state index in [2.05, 4.69) is 251 Å². The van der Waals surface area contributed by atoms with Crippen LogP contribution >= 0.6 is 0 Å². The summed E-state index contributed by atoms with van der Waals surface area (Å²) in [7, 11) is 0. The fraction of sp³-hybridized carbons (Fsp3) is 0. The van der Waals surface area contributed by atoms with Crippen LogP contribution in [-0.2, 0) is 21.1 Å². The molecule has 13 rings (SSSR count). The molecule has 344 valence electrons. The molecule has 0 fully saturated rings. The minimum atomic E-state index is 0. The van der Waals surface area contributed by atoms with Crippen LogP contribution in [0.2, 0.25) is 0 Å². The van der Waals surface area contributed by atoms with Gasteiger partial charge in [-0.15, -0.1) is 23.6 Å². The molecule has 3 heterocycles. The smallest absolute Gasteiger partial charge is 0.268 e. The maximum Gasteiger partial charge on any atom is 0.268 e. The number of nitrogens with zero attached hydrogens (tertiary/aromatic N) is 4. The van der Waals surface area contributed by atoms with Gasteiger partial charge < -0.3 is 13.9 Å². The maximum atomic E-state index is 7.19. The quantitative estimate of drug-likeness (QED) is 0.101. The van der Waals surface area contributed by atoms with Gasteiger partial charge in [-0.25, -0.2) is 4.98 Å². The van der Waals surface area contributed by atoms with E-state index in [0.29, 0.717) is 11.5 Å². The van der Waals surface area contributed by atoms with Gasteiger partial charge in [0.15, 0.2) is 0 Å². The van der Waals surface area contributed by atoms with Gasteiger partial charge in [-0.2, -0.15) is 18.2 Å². The molecular weight excluding hydrogens is 1060 g/mol. The Morgan fingerprint density at radius 3 is 1.61 bits per heavy atom. The Morgan fingerprint density at radius 2 is 0.972 bits per heavy atom. The van der Waals surface area contributed by atoms with Gasteiger partial charge >= 0.3 is 0 Å². The van der Waals surface area contributed by atoms with Crippen LogP contribution in [0, 0.1) is 18.5 Å². The number of ether oxygens (including phenoxy) is 1. The molecule has 0 N–H and O–H groups in total. The Hall–Kier alpha value is -8.89. The number of imidazole rings is 1. The second-order valence-electron chi connectivity index (χ2n) is 17.5. The van der Waals surface area contributed by atoms with Gasteiger partial charge in [-0.1, -0.05) is 217 Å². The van der Waals surface area contributed by atoms with Crippen molar-refractivity contribution < 1.29 is 30.4 Å². The molecule has 0 saturated heterocycles. The van der Waals surface area contributed by atoms with Crippen LogP contribution in [0.25, 0.3) is 106 Å². The molecule has 5 nitrogen and oxygen atoms in total. The van der Waals surface area contributed by atoms with E-state index >= 15 is 0 Å². The number of fused-ring (bicyclic) bond motifs is 4. The topological polar surface area (TPSA) is 35.9 Å². The SMILES string of the molecule is [Pt].[c-]1c(Oc2[c-]c3c(cc2-c2cc(-c4ccccc4)cc(-c4ccccc4)c2)c2ccccc2n3-c2ccccn2)cccc1-n1[c-][n+](-c2c(-c3ccccc3)cccc2-c2ccccc2)c2ccccc21. The molecule has 10 aromatic carbocycles. The Labute approximate surface area is 432 Å². The molecule has 13 aromatic rings. The summed E-state index contributed by atoms with van der Waals surface area (Å²) in [6, 6.07) is 94.4. The Balaban J connectivity index is 0.00000530. The van der Waals surface area contributed by atoms with E-state index in [9.17, 15) is 0 Å². The van der Waals surface area contributed by atoms with Crippen molar-refractivity contribution >= 4 is 32.8 Å². The second kappa shape index (κ2) is 19.1. The molecule has 3 aromatic heterocycles. The van der Waals surface area contributed by atoms with Crippen LogP contribution < -0.4 is 9.30 Å². The van der Waals surface area contributed by atoms with E-state index in [0.717, 1.165) is 106 Å². The number of benzene rings is 10. The van der Waals surface area contributed by atoms with Gasteiger partial charge in [-0.05, 0) is 79.8 Å². The number of hydrogen-bond acceptors (Lipinski definition) is 2. The monoisotopic (exact) mass is 1100 g/mol. The van der Waals surface area contributed by atoms with Crippen LogP contribution in [-0.4, -0.2) is 14.1 Å². The largest absolute Gasteiger partial charge is 0.509 e. The fourth-order valence-corrected chi connectivity index (χ4v) is 9.94. The number of para-hydroxylation sites is 4. The molecule has 0 aliphatic heterocycles. The van der Waals surface area contributed by atoms with Crippen molar-refractivity contribution in [3.8, 4) is 84.3 Å². The number of pyridine rings is 1. The van der Waals surface area contributed by atoms with E-state index in [4.69, 9.17) is 9.72 Å². The molecule has 0 aliphatic rings. The zero-order chi connectivity index (χ0) is 47.1. The molecule has 0 amide bonds. The van der Waals surface area contributed by atoms with Gasteiger partial charge in [0.25, 0.3) is 6.33 Å². The summed E-state index contributed by atoms with van der Waals surface area (Å²) in [5, 5.41) is 2.14. The Kier molecular flexibility index (Phi) is 11.8. The van der Waals surface area contributed by atoms with Crippen molar-refractivity contribution in [2.45, 2.75) is 0 Å². The predicted molar refractivity (Wildman–Crippen MR) is 287 cm³/mol. The summed E-state index contributed by atoms with van der Waals surface area (Å²) in [4.78, 5) is 4.83. The van der Waals surface area contributed by atoms with Crippen LogP contribution in [0.4, 0.5) is 0 Å². The van der Waals surface area contributed by atoms with Crippen molar-refractivity contribution in [3.63, 3.8) is 0 Å². The van der Waals surface area contributed by atoms with Crippen molar-refractivity contribution in [3.05, 3.63) is 273 Å². The van der Waals surface area contributed by atoms with Crippen LogP contribution in [0.5, 0.6) is 11.5 Å². The summed E-state index contributed by atoms with van der Waals surface area (Å²) in [6.07, 6.45) is 5.64. The molecule has 0 spiro atoms. The summed E-state index contributed by atoms with van der Waals surface area (Å²) in [5.74, 6) is 1.90. The number of hydrogen-bond donors (Lipinski definition) is 0. The Morgan fingerprint density at radius 1 is 0.417 bits per heavy atom. The average molecular weight is 1100 g/mol. The van der Waals surface area contributed by atoms with Gasteiger partial charge in [0.1, 0.15) is 5.82 Å². The summed E-state index contributed by atoms with van der Waals surface area (Å²) < 4.78 is 13.6. The maximum absolute atomic E-state index is 7.19. The van der Waals surface area contributed by atoms with Crippen molar-refractivity contribution in [2.24, 2.45) is 0 Å². The first-order valence-corrected chi connectivity index (χ1v) is 23.8. The molecular formula is C66H42N4OPt-2. The van der Waals surface area contributed by atoms with Crippen LogP contribution in [0.15, 0.2) is 255 Å². The molecule has 0 aliphatic carbocycles. The summed E-state index contributed by atoms with van der Waals surface area (Å²) in [5.41, 5.74) is 16.5. The molecule has 0 atom stereocenters. The molecule has 0 saturated carbocycles. The molecule has 72 heavy (non-hydrogen) atoms. The third-order valence-electron chi connectivity index (χ3n) is 13.2. The molecule has 0 bridgehead atoms. The zero-order valence-electron chi connectivity index (χ0n) is 38.8. The number of aromatic nitrogens is 4. The normalized spacial score (nSPS) is 11.2. The van der Waals surface area contributed by atoms with Gasteiger partial charge in [-0.3, -0.25) is 4.57 Å². The minimum Gasteiger partial charge on any atom is -0.509 e. The predicted octanol–water partition coefficient (Wildman–Crippen LogP) is 15.9. The first-order valence-electron chi connectivity index (χ1n) is 23.8. The van der Waals surface area contributed by atoms with Gasteiger partial charge in [0.2, 0.25) is 0 Å². The van der Waals surface area contributed by atoms with Gasteiger partial charge in [0.05, 0.1) is 16.7 Å². The van der Waals surface area contributed by atoms with E-state index in [1.165, 1.54) is 0 Å². The van der Waals surface area contributed by atoms with Crippen molar-refractivity contribution in [2.75, 3.05) is 0 Å². The first-order chi connectivity index (χ1) is 35.2. The van der Waals surface area contributed by atoms with Crippen LogP contribution in [0.1, 0.15) is 0 Å². The average Bonchev–Trinajstić information content (AvgIpc) is 3.99. The summed E-state index contributed by atoms with van der Waals surface area (Å²) >= 11 is 0. The standard InChI is InChI=1S/C66H42N4O.Pt/c1-5-21-46(22-6-1)50-39-51(47-23-7-2-8-24-47)41-52(40-50)58-43-59-57-31-13-14-34-60(57)70(65-37-17-18-38-67-65)63(59)44-64(58)71-54-30-19-29-53(42-54)68-45-69(62-36-16-15-35-61(62)68)66-55(48-25-9-3-10-26-48)32-20-33-56(66)49-27-11-4-12-28-49;/h1-41,43H;/q-2;. The zero-order valence-corrected chi connectivity index (χ0v) is 41.0. The minimum absolute atomic E-state index is 0. The van der Waals surface area contributed by atoms with E-state index < -0.39 is 0 Å². The van der Waals surface area contributed by atoms with Crippen molar-refractivity contribution in [1.29, 1.82) is 0 Å². The number of rotatable bonds is 10. The van der Waals surface area contributed by atoms with E-state index in [-0.39, 0.29) is 21.1 Å². The third-order valence-corrected chi connectivity index (χ3v) is 13.2. The van der Waals surface area contributed by atoms with Gasteiger partial charge in [0, 0.05) is 44.3 Å². The fourth-order valence-electron chi connectivity index (χ4n) is 9.94. The van der Waals surface area contributed by atoms with E-state index in [1.807, 2.05) is 36.5 Å². The molecule has 0 radical (unpaired) electrons. The van der Waals surface area contributed by atoms with Crippen LogP contribution in [0.3, 0.4) is 0 Å². The third kappa shape index (κ3) is 8.10. The summed E-state index contributed by atoms with van der Waals surface area (Å²) in [6.45, 7) is 0. The first kappa shape index (κ1) is 44.3. The molecule has 0 unspecified atom stereocenters.